The van der Waals surface area contributed by atoms with E-state index < -0.39 is 6.03 Å². The molecule has 0 radical (unpaired) electrons. The van der Waals surface area contributed by atoms with Crippen LogP contribution in [0.5, 0.6) is 0 Å². The number of hydrogen-bond donors (Lipinski definition) is 2. The van der Waals surface area contributed by atoms with Crippen LogP contribution >= 0.6 is 11.6 Å². The van der Waals surface area contributed by atoms with E-state index in [1.807, 2.05) is 18.2 Å². The second-order valence-electron chi connectivity index (χ2n) is 5.83. The lowest BCUT2D eigenvalue weighted by Gasteiger charge is -2.09. The molecule has 2 heterocycles. The molecule has 4 rings (SSSR count). The van der Waals surface area contributed by atoms with Gasteiger partial charge in [0, 0.05) is 22.5 Å². The molecule has 0 fully saturated rings. The van der Waals surface area contributed by atoms with Gasteiger partial charge in [-0.05, 0) is 54.6 Å². The van der Waals surface area contributed by atoms with Crippen LogP contribution in [0.2, 0.25) is 5.02 Å². The van der Waals surface area contributed by atoms with E-state index in [1.54, 1.807) is 47.0 Å². The Labute approximate surface area is 159 Å². The third kappa shape index (κ3) is 3.61. The number of amides is 2. The Bertz CT molecular complexity index is 1120. The Morgan fingerprint density at radius 1 is 1.00 bits per heavy atom. The highest BCUT2D eigenvalue weighted by Gasteiger charge is 2.16. The summed E-state index contributed by atoms with van der Waals surface area (Å²) in [6, 6.07) is 17.9. The van der Waals surface area contributed by atoms with E-state index in [1.165, 1.54) is 12.1 Å². The monoisotopic (exact) mass is 380 g/mol. The molecular formula is C20H14ClFN4O. The first-order chi connectivity index (χ1) is 13.1. The van der Waals surface area contributed by atoms with Gasteiger partial charge >= 0.3 is 6.03 Å². The highest BCUT2D eigenvalue weighted by molar-refractivity contribution is 6.30. The first kappa shape index (κ1) is 17.1. The Hall–Kier alpha value is -3.38. The zero-order chi connectivity index (χ0) is 18.8. The second-order valence-corrected chi connectivity index (χ2v) is 6.27. The molecule has 0 spiro atoms. The van der Waals surface area contributed by atoms with Crippen LogP contribution in [0.1, 0.15) is 0 Å². The van der Waals surface area contributed by atoms with Gasteiger partial charge in [0.1, 0.15) is 23.0 Å². The molecule has 27 heavy (non-hydrogen) atoms. The van der Waals surface area contributed by atoms with Crippen molar-refractivity contribution in [3.05, 3.63) is 83.8 Å². The number of urea groups is 1. The number of rotatable bonds is 3. The van der Waals surface area contributed by atoms with Crippen LogP contribution in [0.3, 0.4) is 0 Å². The average molecular weight is 381 g/mol. The van der Waals surface area contributed by atoms with Crippen molar-refractivity contribution >= 4 is 34.8 Å². The summed E-state index contributed by atoms with van der Waals surface area (Å²) in [5.41, 5.74) is 2.47. The van der Waals surface area contributed by atoms with Crippen molar-refractivity contribution in [1.29, 1.82) is 0 Å². The lowest BCUT2D eigenvalue weighted by Crippen LogP contribution is -2.20. The van der Waals surface area contributed by atoms with E-state index in [9.17, 15) is 9.18 Å². The van der Waals surface area contributed by atoms with Crippen LogP contribution in [0.15, 0.2) is 72.9 Å². The van der Waals surface area contributed by atoms with E-state index in [-0.39, 0.29) is 5.82 Å². The molecule has 2 N–H and O–H groups in total. The van der Waals surface area contributed by atoms with E-state index in [2.05, 4.69) is 15.6 Å². The van der Waals surface area contributed by atoms with Crippen molar-refractivity contribution in [2.24, 2.45) is 0 Å². The smallest absolute Gasteiger partial charge is 0.308 e. The Kier molecular flexibility index (Phi) is 4.48. The molecule has 2 aromatic heterocycles. The summed E-state index contributed by atoms with van der Waals surface area (Å²) < 4.78 is 15.0. The van der Waals surface area contributed by atoms with Gasteiger partial charge in [0.25, 0.3) is 0 Å². The fourth-order valence-corrected chi connectivity index (χ4v) is 2.95. The van der Waals surface area contributed by atoms with Gasteiger partial charge in [0.05, 0.1) is 0 Å². The number of hydrogen-bond acceptors (Lipinski definition) is 2. The lowest BCUT2D eigenvalue weighted by atomic mass is 10.1. The maximum absolute atomic E-state index is 13.3. The van der Waals surface area contributed by atoms with Crippen LogP contribution in [0.4, 0.5) is 20.7 Å². The number of benzene rings is 2. The molecule has 2 aromatic carbocycles. The lowest BCUT2D eigenvalue weighted by molar-refractivity contribution is 0.262. The van der Waals surface area contributed by atoms with Crippen LogP contribution in [-0.4, -0.2) is 15.4 Å². The number of halogens is 2. The molecule has 0 aliphatic heterocycles. The minimum absolute atomic E-state index is 0.337. The topological polar surface area (TPSA) is 58.4 Å². The van der Waals surface area contributed by atoms with Crippen molar-refractivity contribution in [3.8, 4) is 11.3 Å². The number of nitrogens with zero attached hydrogens (tertiary/aromatic N) is 2. The molecule has 0 saturated carbocycles. The number of carbonyl (C=O) groups excluding carboxylic acids is 1. The summed E-state index contributed by atoms with van der Waals surface area (Å²) in [4.78, 5) is 17.1. The SMILES string of the molecule is O=C(Nc1cccc(Cl)c1)Nc1c(-c2ccc(F)cc2)nc2ccccn12. The second kappa shape index (κ2) is 7.09. The molecule has 134 valence electrons. The molecular weight excluding hydrogens is 367 g/mol. The van der Waals surface area contributed by atoms with E-state index >= 15 is 0 Å². The maximum Gasteiger partial charge on any atom is 0.324 e. The average Bonchev–Trinajstić information content (AvgIpc) is 3.01. The minimum Gasteiger partial charge on any atom is -0.308 e. The molecule has 4 aromatic rings. The van der Waals surface area contributed by atoms with Crippen molar-refractivity contribution in [3.63, 3.8) is 0 Å². The van der Waals surface area contributed by atoms with E-state index in [4.69, 9.17) is 11.6 Å². The fourth-order valence-electron chi connectivity index (χ4n) is 2.76. The summed E-state index contributed by atoms with van der Waals surface area (Å²) in [6.45, 7) is 0. The summed E-state index contributed by atoms with van der Waals surface area (Å²) in [6.07, 6.45) is 1.80. The molecule has 0 saturated heterocycles. The first-order valence-electron chi connectivity index (χ1n) is 8.17. The Morgan fingerprint density at radius 2 is 1.81 bits per heavy atom. The Morgan fingerprint density at radius 3 is 2.59 bits per heavy atom. The zero-order valence-corrected chi connectivity index (χ0v) is 14.7. The van der Waals surface area contributed by atoms with E-state index in [0.29, 0.717) is 33.4 Å². The molecule has 2 amide bonds. The molecule has 0 aliphatic carbocycles. The summed E-state index contributed by atoms with van der Waals surface area (Å²) in [7, 11) is 0. The van der Waals surface area contributed by atoms with Gasteiger partial charge in [0.2, 0.25) is 0 Å². The zero-order valence-electron chi connectivity index (χ0n) is 14.0. The molecule has 0 unspecified atom stereocenters. The van der Waals surface area contributed by atoms with Crippen molar-refractivity contribution < 1.29 is 9.18 Å². The standard InChI is InChI=1S/C20H14ClFN4O/c21-14-4-3-5-16(12-14)23-20(27)25-19-18(13-7-9-15(22)10-8-13)24-17-6-1-2-11-26(17)19/h1-12H,(H2,23,25,27). The number of pyridine rings is 1. The van der Waals surface area contributed by atoms with Crippen LogP contribution < -0.4 is 10.6 Å². The summed E-state index contributed by atoms with van der Waals surface area (Å²) in [5.74, 6) is 0.146. The van der Waals surface area contributed by atoms with Gasteiger partial charge < -0.3 is 5.32 Å². The predicted octanol–water partition coefficient (Wildman–Crippen LogP) is 5.44. The van der Waals surface area contributed by atoms with Gasteiger partial charge in [-0.25, -0.2) is 14.2 Å². The van der Waals surface area contributed by atoms with Crippen LogP contribution in [0, 0.1) is 5.82 Å². The number of imidazole rings is 1. The highest BCUT2D eigenvalue weighted by atomic mass is 35.5. The van der Waals surface area contributed by atoms with Gasteiger partial charge in [-0.3, -0.25) is 9.72 Å². The number of carbonyl (C=O) groups is 1. The predicted molar refractivity (Wildman–Crippen MR) is 105 cm³/mol. The molecule has 5 nitrogen and oxygen atoms in total. The third-order valence-corrected chi connectivity index (χ3v) is 4.20. The number of aromatic nitrogens is 2. The van der Waals surface area contributed by atoms with Crippen molar-refractivity contribution in [2.75, 3.05) is 10.6 Å². The third-order valence-electron chi connectivity index (χ3n) is 3.96. The van der Waals surface area contributed by atoms with Gasteiger partial charge in [-0.2, -0.15) is 0 Å². The molecule has 0 atom stereocenters. The summed E-state index contributed by atoms with van der Waals surface area (Å²) in [5, 5.41) is 6.09. The van der Waals surface area contributed by atoms with Gasteiger partial charge in [-0.1, -0.05) is 23.7 Å². The normalized spacial score (nSPS) is 10.7. The molecule has 0 aliphatic rings. The number of nitrogens with one attached hydrogen (secondary N) is 2. The first-order valence-corrected chi connectivity index (χ1v) is 8.54. The van der Waals surface area contributed by atoms with Gasteiger partial charge in [0.15, 0.2) is 0 Å². The van der Waals surface area contributed by atoms with Crippen molar-refractivity contribution in [1.82, 2.24) is 9.38 Å². The number of fused-ring (bicyclic) bond motifs is 1. The van der Waals surface area contributed by atoms with E-state index in [0.717, 1.165) is 0 Å². The van der Waals surface area contributed by atoms with Gasteiger partial charge in [-0.15, -0.1) is 0 Å². The largest absolute Gasteiger partial charge is 0.324 e. The quantitative estimate of drug-likeness (QED) is 0.497. The molecule has 0 bridgehead atoms. The summed E-state index contributed by atoms with van der Waals surface area (Å²) >= 11 is 5.95. The maximum atomic E-state index is 13.3. The minimum atomic E-state index is -0.439. The van der Waals surface area contributed by atoms with Crippen molar-refractivity contribution in [2.45, 2.75) is 0 Å². The fraction of sp³-hybridized carbons (Fsp3) is 0. The number of anilines is 2. The Balaban J connectivity index is 1.70. The highest BCUT2D eigenvalue weighted by Crippen LogP contribution is 2.29. The van der Waals surface area contributed by atoms with Crippen LogP contribution in [0.25, 0.3) is 16.9 Å². The molecule has 7 heteroatoms. The van der Waals surface area contributed by atoms with Crippen LogP contribution in [-0.2, 0) is 0 Å².